The molecule has 0 aliphatic heterocycles. The second kappa shape index (κ2) is 6.27. The Balaban J connectivity index is 1.75. The predicted molar refractivity (Wildman–Crippen MR) is 93.9 cm³/mol. The van der Waals surface area contributed by atoms with Crippen molar-refractivity contribution >= 4 is 33.1 Å². The molecule has 2 bridgehead atoms. The number of anilines is 2. The quantitative estimate of drug-likeness (QED) is 0.554. The molecule has 0 amide bonds. The Bertz CT molecular complexity index is 1010. The molecule has 1 N–H and O–H groups in total. The van der Waals surface area contributed by atoms with Crippen molar-refractivity contribution in [2.24, 2.45) is 0 Å². The second-order valence-electron chi connectivity index (χ2n) is 6.63. The van der Waals surface area contributed by atoms with Crippen LogP contribution in [0, 0.1) is 0 Å². The van der Waals surface area contributed by atoms with Crippen LogP contribution >= 0.6 is 11.6 Å². The number of nitrogens with zero attached hydrogens (tertiary/aromatic N) is 1. The van der Waals surface area contributed by atoms with Crippen LogP contribution in [0.3, 0.4) is 0 Å². The highest BCUT2D eigenvalue weighted by Gasteiger charge is 2.50. The maximum atomic E-state index is 12.7. The maximum absolute atomic E-state index is 12.7. The zero-order valence-corrected chi connectivity index (χ0v) is 15.3. The highest BCUT2D eigenvalue weighted by atomic mass is 35.5. The van der Waals surface area contributed by atoms with Crippen molar-refractivity contribution in [2.45, 2.75) is 36.6 Å². The SMILES string of the molecule is O=S(=O)(Oc1ncc(Nc2cccc(Cl)c2)c2c1C1CCC2C1)C(F)(F)F. The Kier molecular flexibility index (Phi) is 4.27. The van der Waals surface area contributed by atoms with Gasteiger partial charge in [0.15, 0.2) is 0 Å². The van der Waals surface area contributed by atoms with Crippen molar-refractivity contribution in [3.8, 4) is 5.88 Å². The van der Waals surface area contributed by atoms with Gasteiger partial charge in [-0.25, -0.2) is 4.98 Å². The fourth-order valence-electron chi connectivity index (χ4n) is 3.90. The first-order valence-corrected chi connectivity index (χ1v) is 10.0. The summed E-state index contributed by atoms with van der Waals surface area (Å²) in [5.41, 5.74) is -2.96. The molecule has 2 atom stereocenters. The fraction of sp³-hybridized carbons (Fsp3) is 0.353. The van der Waals surface area contributed by atoms with E-state index in [0.717, 1.165) is 24.8 Å². The van der Waals surface area contributed by atoms with E-state index in [2.05, 4.69) is 14.5 Å². The number of benzene rings is 1. The number of nitrogens with one attached hydrogen (secondary N) is 1. The third-order valence-electron chi connectivity index (χ3n) is 4.95. The average molecular weight is 419 g/mol. The van der Waals surface area contributed by atoms with Gasteiger partial charge in [-0.1, -0.05) is 17.7 Å². The third kappa shape index (κ3) is 3.23. The van der Waals surface area contributed by atoms with E-state index in [1.165, 1.54) is 6.20 Å². The van der Waals surface area contributed by atoms with Crippen LogP contribution in [0.25, 0.3) is 0 Å². The number of pyridine rings is 1. The lowest BCUT2D eigenvalue weighted by atomic mass is 9.91. The van der Waals surface area contributed by atoms with Crippen LogP contribution in [0.4, 0.5) is 24.5 Å². The molecule has 0 radical (unpaired) electrons. The number of hydrogen-bond acceptors (Lipinski definition) is 5. The molecular weight excluding hydrogens is 405 g/mol. The molecule has 2 aliphatic carbocycles. The topological polar surface area (TPSA) is 68.3 Å². The molecule has 2 aromatic rings. The molecule has 0 saturated heterocycles. The van der Waals surface area contributed by atoms with Gasteiger partial charge in [-0.3, -0.25) is 0 Å². The number of rotatable bonds is 4. The van der Waals surface area contributed by atoms with E-state index >= 15 is 0 Å². The molecule has 1 fully saturated rings. The van der Waals surface area contributed by atoms with Crippen molar-refractivity contribution in [2.75, 3.05) is 5.32 Å². The van der Waals surface area contributed by atoms with Crippen LogP contribution in [0.2, 0.25) is 5.02 Å². The second-order valence-corrected chi connectivity index (χ2v) is 8.60. The van der Waals surface area contributed by atoms with E-state index < -0.39 is 21.5 Å². The third-order valence-corrected chi connectivity index (χ3v) is 6.13. The van der Waals surface area contributed by atoms with Gasteiger partial charge in [-0.05, 0) is 54.9 Å². The van der Waals surface area contributed by atoms with Crippen LogP contribution in [-0.2, 0) is 10.1 Å². The first-order chi connectivity index (χ1) is 12.7. The van der Waals surface area contributed by atoms with Gasteiger partial charge in [0.25, 0.3) is 0 Å². The van der Waals surface area contributed by atoms with Gasteiger partial charge in [-0.15, -0.1) is 0 Å². The molecule has 5 nitrogen and oxygen atoms in total. The van der Waals surface area contributed by atoms with Gasteiger partial charge in [0, 0.05) is 16.3 Å². The Hall–Kier alpha value is -2.00. The number of aromatic nitrogens is 1. The molecule has 144 valence electrons. The lowest BCUT2D eigenvalue weighted by Crippen LogP contribution is -2.29. The van der Waals surface area contributed by atoms with E-state index in [0.29, 0.717) is 22.0 Å². The largest absolute Gasteiger partial charge is 0.534 e. The van der Waals surface area contributed by atoms with Gasteiger partial charge in [0.1, 0.15) is 0 Å². The first kappa shape index (κ1) is 18.4. The standard InChI is InChI=1S/C17H14ClF3N2O3S/c18-11-2-1-3-12(7-11)23-13-8-22-16(26-27(24,25)17(19,20)21)15-10-5-4-9(6-10)14(13)15/h1-3,7-10,23H,4-6H2. The van der Waals surface area contributed by atoms with Crippen LogP contribution in [0.5, 0.6) is 5.88 Å². The summed E-state index contributed by atoms with van der Waals surface area (Å²) in [5, 5.41) is 3.71. The number of fused-ring (bicyclic) bond motifs is 5. The minimum Gasteiger partial charge on any atom is -0.355 e. The van der Waals surface area contributed by atoms with E-state index in [1.54, 1.807) is 24.3 Å². The zero-order valence-electron chi connectivity index (χ0n) is 13.8. The van der Waals surface area contributed by atoms with Crippen molar-refractivity contribution in [1.82, 2.24) is 4.98 Å². The molecule has 27 heavy (non-hydrogen) atoms. The molecule has 1 aromatic carbocycles. The maximum Gasteiger partial charge on any atom is 0.534 e. The van der Waals surface area contributed by atoms with Crippen LogP contribution in [0.1, 0.15) is 42.2 Å². The lowest BCUT2D eigenvalue weighted by molar-refractivity contribution is -0.0501. The van der Waals surface area contributed by atoms with E-state index in [4.69, 9.17) is 11.6 Å². The lowest BCUT2D eigenvalue weighted by Gasteiger charge is -2.22. The van der Waals surface area contributed by atoms with Gasteiger partial charge < -0.3 is 9.50 Å². The normalized spacial score (nSPS) is 21.2. The van der Waals surface area contributed by atoms with E-state index in [9.17, 15) is 21.6 Å². The molecule has 2 unspecified atom stereocenters. The molecule has 0 spiro atoms. The van der Waals surface area contributed by atoms with Crippen LogP contribution in [-0.4, -0.2) is 18.9 Å². The molecule has 2 aliphatic rings. The number of alkyl halides is 3. The van der Waals surface area contributed by atoms with Crippen LogP contribution < -0.4 is 9.50 Å². The Morgan fingerprint density at radius 3 is 2.56 bits per heavy atom. The summed E-state index contributed by atoms with van der Waals surface area (Å²) < 4.78 is 65.3. The summed E-state index contributed by atoms with van der Waals surface area (Å²) in [5.74, 6) is -0.408. The Morgan fingerprint density at radius 1 is 1.19 bits per heavy atom. The Morgan fingerprint density at radius 2 is 1.89 bits per heavy atom. The van der Waals surface area contributed by atoms with Crippen LogP contribution in [0.15, 0.2) is 30.5 Å². The minimum atomic E-state index is -5.77. The molecule has 1 saturated carbocycles. The highest BCUT2D eigenvalue weighted by Crippen LogP contribution is 2.58. The fourth-order valence-corrected chi connectivity index (χ4v) is 4.53. The minimum absolute atomic E-state index is 0.0583. The first-order valence-electron chi connectivity index (χ1n) is 8.22. The molecule has 10 heteroatoms. The smallest absolute Gasteiger partial charge is 0.355 e. The van der Waals surface area contributed by atoms with E-state index in [-0.39, 0.29) is 11.8 Å². The van der Waals surface area contributed by atoms with Crippen molar-refractivity contribution < 1.29 is 25.8 Å². The number of halogens is 4. The molecular formula is C17H14ClF3N2O3S. The molecule has 4 rings (SSSR count). The predicted octanol–water partition coefficient (Wildman–Crippen LogP) is 5.07. The monoisotopic (exact) mass is 418 g/mol. The van der Waals surface area contributed by atoms with Gasteiger partial charge in [0.2, 0.25) is 5.88 Å². The molecule has 1 aromatic heterocycles. The summed E-state index contributed by atoms with van der Waals surface area (Å²) in [4.78, 5) is 3.89. The van der Waals surface area contributed by atoms with Crippen molar-refractivity contribution in [1.29, 1.82) is 0 Å². The van der Waals surface area contributed by atoms with E-state index in [1.807, 2.05) is 0 Å². The average Bonchev–Trinajstić information content (AvgIpc) is 3.18. The van der Waals surface area contributed by atoms with Crippen molar-refractivity contribution in [3.63, 3.8) is 0 Å². The van der Waals surface area contributed by atoms with Crippen molar-refractivity contribution in [3.05, 3.63) is 46.6 Å². The Labute approximate surface area is 158 Å². The summed E-state index contributed by atoms with van der Waals surface area (Å²) in [7, 11) is -5.77. The zero-order chi connectivity index (χ0) is 19.4. The number of hydrogen-bond donors (Lipinski definition) is 1. The summed E-state index contributed by atoms with van der Waals surface area (Å²) in [6, 6.07) is 6.98. The van der Waals surface area contributed by atoms with Gasteiger partial charge >= 0.3 is 15.6 Å². The summed E-state index contributed by atoms with van der Waals surface area (Å²) in [6.07, 6.45) is 3.70. The van der Waals surface area contributed by atoms with Gasteiger partial charge in [0.05, 0.1) is 11.9 Å². The summed E-state index contributed by atoms with van der Waals surface area (Å²) >= 11 is 5.98. The molecule has 1 heterocycles. The highest BCUT2D eigenvalue weighted by molar-refractivity contribution is 7.87. The van der Waals surface area contributed by atoms with Gasteiger partial charge in [-0.2, -0.15) is 21.6 Å². The summed E-state index contributed by atoms with van der Waals surface area (Å²) in [6.45, 7) is 0.